The van der Waals surface area contributed by atoms with Gasteiger partial charge in [0, 0.05) is 10.7 Å². The summed E-state index contributed by atoms with van der Waals surface area (Å²) in [5, 5.41) is 0. The predicted octanol–water partition coefficient (Wildman–Crippen LogP) is 2.55. The van der Waals surface area contributed by atoms with Gasteiger partial charge in [0.2, 0.25) is 15.8 Å². The van der Waals surface area contributed by atoms with Crippen LogP contribution in [0.1, 0.15) is 11.1 Å². The van der Waals surface area contributed by atoms with E-state index >= 15 is 0 Å². The molecule has 88 valence electrons. The first kappa shape index (κ1) is 12.0. The van der Waals surface area contributed by atoms with E-state index in [9.17, 15) is 8.42 Å². The molecule has 1 aliphatic rings. The molecule has 0 spiro atoms. The molecule has 0 fully saturated rings. The van der Waals surface area contributed by atoms with Crippen molar-refractivity contribution in [2.45, 2.75) is 12.7 Å². The van der Waals surface area contributed by atoms with Crippen LogP contribution >= 0.6 is 26.6 Å². The lowest BCUT2D eigenvalue weighted by Crippen LogP contribution is -1.98. The molecule has 1 heterocycles. The molecule has 16 heavy (non-hydrogen) atoms. The highest BCUT2D eigenvalue weighted by molar-refractivity contribution is 9.10. The molecule has 1 aromatic rings. The monoisotopic (exact) mass is 326 g/mol. The molecule has 1 aliphatic heterocycles. The number of hydrogen-bond donors (Lipinski definition) is 0. The van der Waals surface area contributed by atoms with Gasteiger partial charge in [-0.2, -0.15) is 0 Å². The van der Waals surface area contributed by atoms with Gasteiger partial charge in [0.25, 0.3) is 0 Å². The van der Waals surface area contributed by atoms with Crippen molar-refractivity contribution in [1.29, 1.82) is 0 Å². The fourth-order valence-corrected chi connectivity index (χ4v) is 3.07. The molecule has 0 atom stereocenters. The quantitative estimate of drug-likeness (QED) is 0.783. The Balaban J connectivity index is 2.52. The topological polar surface area (TPSA) is 52.6 Å². The van der Waals surface area contributed by atoms with E-state index in [4.69, 9.17) is 20.2 Å². The molecule has 2 rings (SSSR count). The summed E-state index contributed by atoms with van der Waals surface area (Å²) in [7, 11) is 1.65. The minimum atomic E-state index is -3.58. The van der Waals surface area contributed by atoms with Crippen LogP contribution in [0, 0.1) is 6.92 Å². The Kier molecular flexibility index (Phi) is 3.07. The minimum Gasteiger partial charge on any atom is -0.454 e. The molecule has 0 N–H and O–H groups in total. The Labute approximate surface area is 106 Å². The van der Waals surface area contributed by atoms with E-state index in [-0.39, 0.29) is 12.5 Å². The third-order valence-electron chi connectivity index (χ3n) is 2.28. The third-order valence-corrected chi connectivity index (χ3v) is 4.22. The molecular weight excluding hydrogens is 320 g/mol. The molecule has 0 amide bonds. The van der Waals surface area contributed by atoms with Crippen molar-refractivity contribution in [2.75, 3.05) is 6.79 Å². The summed E-state index contributed by atoms with van der Waals surface area (Å²) in [6.07, 6.45) is 0. The smallest absolute Gasteiger partial charge is 0.236 e. The van der Waals surface area contributed by atoms with Crippen molar-refractivity contribution in [1.82, 2.24) is 0 Å². The molecule has 0 saturated heterocycles. The number of ether oxygens (including phenoxy) is 2. The van der Waals surface area contributed by atoms with Crippen LogP contribution in [0.5, 0.6) is 11.5 Å². The normalized spacial score (nSPS) is 14.2. The van der Waals surface area contributed by atoms with Gasteiger partial charge in [-0.15, -0.1) is 0 Å². The highest BCUT2D eigenvalue weighted by atomic mass is 79.9. The van der Waals surface area contributed by atoms with E-state index in [1.54, 1.807) is 13.0 Å². The van der Waals surface area contributed by atoms with Gasteiger partial charge < -0.3 is 9.47 Å². The van der Waals surface area contributed by atoms with Crippen molar-refractivity contribution in [3.63, 3.8) is 0 Å². The Bertz CT molecular complexity index is 541. The average molecular weight is 328 g/mol. The number of fused-ring (bicyclic) bond motifs is 1. The van der Waals surface area contributed by atoms with Crippen LogP contribution < -0.4 is 9.47 Å². The van der Waals surface area contributed by atoms with E-state index in [0.717, 1.165) is 5.56 Å². The van der Waals surface area contributed by atoms with Gasteiger partial charge in [0.05, 0.1) is 10.2 Å². The summed E-state index contributed by atoms with van der Waals surface area (Å²) in [6.45, 7) is 1.94. The molecule has 0 unspecified atom stereocenters. The second kappa shape index (κ2) is 4.09. The summed E-state index contributed by atoms with van der Waals surface area (Å²) in [6, 6.07) is 1.64. The zero-order valence-corrected chi connectivity index (χ0v) is 11.4. The van der Waals surface area contributed by atoms with Crippen molar-refractivity contribution >= 4 is 35.7 Å². The molecule has 7 heteroatoms. The largest absolute Gasteiger partial charge is 0.454 e. The summed E-state index contributed by atoms with van der Waals surface area (Å²) in [5.74, 6) is 0.913. The highest BCUT2D eigenvalue weighted by Crippen LogP contribution is 2.43. The molecular formula is C9H8BrClO4S. The zero-order chi connectivity index (χ0) is 11.9. The van der Waals surface area contributed by atoms with E-state index < -0.39 is 9.05 Å². The SMILES string of the molecule is Cc1c(CS(=O)(=O)Cl)cc2c(c1Br)OCO2. The van der Waals surface area contributed by atoms with Gasteiger partial charge in [0.15, 0.2) is 11.5 Å². The lowest BCUT2D eigenvalue weighted by atomic mass is 10.1. The summed E-state index contributed by atoms with van der Waals surface area (Å²) in [4.78, 5) is 0. The minimum absolute atomic E-state index is 0.143. The van der Waals surface area contributed by atoms with E-state index in [0.29, 0.717) is 21.5 Å². The lowest BCUT2D eigenvalue weighted by Gasteiger charge is -2.08. The molecule has 1 aromatic carbocycles. The average Bonchev–Trinajstić information content (AvgIpc) is 2.59. The van der Waals surface area contributed by atoms with Crippen LogP contribution in [0.2, 0.25) is 0 Å². The van der Waals surface area contributed by atoms with Crippen LogP contribution in [0.3, 0.4) is 0 Å². The summed E-state index contributed by atoms with van der Waals surface area (Å²) >= 11 is 3.35. The van der Waals surface area contributed by atoms with Crippen LogP contribution in [0.15, 0.2) is 10.5 Å². The number of rotatable bonds is 2. The Hall–Kier alpha value is -0.460. The standard InChI is InChI=1S/C9H8BrClO4S/c1-5-6(3-16(11,12)13)2-7-9(8(5)10)15-4-14-7/h2H,3-4H2,1H3. The van der Waals surface area contributed by atoms with E-state index in [1.165, 1.54) is 0 Å². The molecule has 0 bridgehead atoms. The molecule has 0 saturated carbocycles. The first-order valence-corrected chi connectivity index (χ1v) is 7.65. The number of halogens is 2. The van der Waals surface area contributed by atoms with Gasteiger partial charge >= 0.3 is 0 Å². The highest BCUT2D eigenvalue weighted by Gasteiger charge is 2.22. The van der Waals surface area contributed by atoms with Gasteiger partial charge in [-0.05, 0) is 40.0 Å². The predicted molar refractivity (Wildman–Crippen MR) is 63.5 cm³/mol. The second-order valence-electron chi connectivity index (χ2n) is 3.39. The second-order valence-corrected chi connectivity index (χ2v) is 6.96. The summed E-state index contributed by atoms with van der Waals surface area (Å²) in [5.41, 5.74) is 1.39. The maximum absolute atomic E-state index is 11.0. The maximum Gasteiger partial charge on any atom is 0.236 e. The van der Waals surface area contributed by atoms with Gasteiger partial charge in [-0.25, -0.2) is 8.42 Å². The van der Waals surface area contributed by atoms with Gasteiger partial charge in [-0.3, -0.25) is 0 Å². The van der Waals surface area contributed by atoms with Crippen LogP contribution in [0.4, 0.5) is 0 Å². The van der Waals surface area contributed by atoms with Gasteiger partial charge in [-0.1, -0.05) is 0 Å². The van der Waals surface area contributed by atoms with Crippen molar-refractivity contribution in [2.24, 2.45) is 0 Å². The van der Waals surface area contributed by atoms with Crippen molar-refractivity contribution < 1.29 is 17.9 Å². The Morgan fingerprint density at radius 3 is 2.81 bits per heavy atom. The first-order valence-electron chi connectivity index (χ1n) is 4.38. The van der Waals surface area contributed by atoms with E-state index in [1.807, 2.05) is 0 Å². The fourth-order valence-electron chi connectivity index (χ4n) is 1.48. The summed E-state index contributed by atoms with van der Waals surface area (Å²) < 4.78 is 33.2. The maximum atomic E-state index is 11.0. The first-order chi connectivity index (χ1) is 7.38. The van der Waals surface area contributed by atoms with Crippen LogP contribution in [-0.2, 0) is 14.8 Å². The Morgan fingerprint density at radius 1 is 1.50 bits per heavy atom. The van der Waals surface area contributed by atoms with Crippen molar-refractivity contribution in [3.05, 3.63) is 21.7 Å². The van der Waals surface area contributed by atoms with Crippen molar-refractivity contribution in [3.8, 4) is 11.5 Å². The molecule has 0 aliphatic carbocycles. The van der Waals surface area contributed by atoms with E-state index in [2.05, 4.69) is 15.9 Å². The molecule has 4 nitrogen and oxygen atoms in total. The molecule has 0 radical (unpaired) electrons. The van der Waals surface area contributed by atoms with Crippen LogP contribution in [-0.4, -0.2) is 15.2 Å². The zero-order valence-electron chi connectivity index (χ0n) is 8.29. The van der Waals surface area contributed by atoms with Gasteiger partial charge in [0.1, 0.15) is 0 Å². The third kappa shape index (κ3) is 2.28. The Morgan fingerprint density at radius 2 is 2.19 bits per heavy atom. The molecule has 0 aromatic heterocycles. The van der Waals surface area contributed by atoms with Crippen LogP contribution in [0.25, 0.3) is 0 Å². The lowest BCUT2D eigenvalue weighted by molar-refractivity contribution is 0.173. The number of hydrogen-bond acceptors (Lipinski definition) is 4. The fraction of sp³-hybridized carbons (Fsp3) is 0.333. The number of benzene rings is 1.